The van der Waals surface area contributed by atoms with Crippen LogP contribution >= 0.6 is 11.3 Å². The number of aromatic nitrogens is 4. The normalized spacial score (nSPS) is 25.6. The van der Waals surface area contributed by atoms with E-state index in [-0.39, 0.29) is 33.4 Å². The zero-order valence-corrected chi connectivity index (χ0v) is 34.8. The number of carboxylic acid groups (broad SMARTS) is 1. The molecule has 0 spiro atoms. The van der Waals surface area contributed by atoms with Crippen molar-refractivity contribution in [3.8, 4) is 16.9 Å². The van der Waals surface area contributed by atoms with Gasteiger partial charge in [-0.05, 0) is 104 Å². The van der Waals surface area contributed by atoms with Gasteiger partial charge in [-0.3, -0.25) is 19.6 Å². The Morgan fingerprint density at radius 1 is 0.947 bits per heavy atom. The second-order valence-corrected chi connectivity index (χ2v) is 18.7. The van der Waals surface area contributed by atoms with E-state index >= 15 is 0 Å². The zero-order chi connectivity index (χ0) is 40.3. The standard InChI is InChI=1S/C44H53N7O5S/c1-8-41(3)21-42(4)22-43(5,25-44(23-41,24-42)56-45-6)26-51-27(2)31(19-46-51)29-14-16-36(48-37(29)39(53)54)50-18-17-28-32(20-50)30(13-15-34(28)55-7)38(52)49-40-47-33-11-9-10-12-35(33)57-40/h9-16,19,45H,8,17-18,20-26H2,1-7H3,(H,53,54)(H,47,49,52). The van der Waals surface area contributed by atoms with E-state index in [2.05, 4.69) is 43.5 Å². The minimum Gasteiger partial charge on any atom is -0.496 e. The Morgan fingerprint density at radius 2 is 1.72 bits per heavy atom. The number of fused-ring (bicyclic) bond motifs is 4. The monoisotopic (exact) mass is 791 g/mol. The summed E-state index contributed by atoms with van der Waals surface area (Å²) in [5.41, 5.74) is 8.33. The number of hydroxylamine groups is 1. The van der Waals surface area contributed by atoms with Crippen LogP contribution in [0.15, 0.2) is 54.7 Å². The first kappa shape index (κ1) is 39.0. The zero-order valence-electron chi connectivity index (χ0n) is 34.0. The van der Waals surface area contributed by atoms with Crippen LogP contribution in [0, 0.1) is 23.2 Å². The first-order valence-corrected chi connectivity index (χ1v) is 20.7. The first-order valence-electron chi connectivity index (χ1n) is 19.9. The van der Waals surface area contributed by atoms with Gasteiger partial charge in [0, 0.05) is 54.6 Å². The summed E-state index contributed by atoms with van der Waals surface area (Å²) in [7, 11) is 3.49. The Morgan fingerprint density at radius 3 is 2.46 bits per heavy atom. The third-order valence-electron chi connectivity index (χ3n) is 12.8. The molecule has 2 aromatic carbocycles. The van der Waals surface area contributed by atoms with E-state index in [4.69, 9.17) is 19.7 Å². The second kappa shape index (κ2) is 14.5. The van der Waals surface area contributed by atoms with Gasteiger partial charge in [0.15, 0.2) is 10.8 Å². The molecule has 57 heavy (non-hydrogen) atoms. The van der Waals surface area contributed by atoms with Gasteiger partial charge in [0.1, 0.15) is 11.6 Å². The molecule has 0 saturated heterocycles. The van der Waals surface area contributed by atoms with E-state index in [1.807, 2.05) is 66.0 Å². The molecule has 2 saturated carbocycles. The molecular formula is C44H53N7O5S. The number of ether oxygens (including phenoxy) is 1. The number of carbonyl (C=O) groups excluding carboxylic acids is 1. The van der Waals surface area contributed by atoms with Gasteiger partial charge in [0.25, 0.3) is 5.91 Å². The van der Waals surface area contributed by atoms with Crippen LogP contribution in [0.2, 0.25) is 0 Å². The lowest BCUT2D eigenvalue weighted by Gasteiger charge is -2.61. The molecule has 3 aliphatic rings. The molecule has 4 atom stereocenters. The number of hydrogen-bond acceptors (Lipinski definition) is 10. The van der Waals surface area contributed by atoms with Crippen molar-refractivity contribution in [1.82, 2.24) is 25.2 Å². The summed E-state index contributed by atoms with van der Waals surface area (Å²) in [5, 5.41) is 18.9. The predicted molar refractivity (Wildman–Crippen MR) is 223 cm³/mol. The Hall–Kier alpha value is -4.85. The van der Waals surface area contributed by atoms with E-state index in [0.29, 0.717) is 53.9 Å². The Bertz CT molecular complexity index is 2340. The number of amides is 1. The number of nitrogens with one attached hydrogen (secondary N) is 2. The van der Waals surface area contributed by atoms with Crippen LogP contribution in [0.5, 0.6) is 5.75 Å². The molecule has 8 rings (SSSR count). The maximum Gasteiger partial charge on any atom is 0.355 e. The Kier molecular flexibility index (Phi) is 9.93. The molecule has 13 heteroatoms. The van der Waals surface area contributed by atoms with Crippen LogP contribution in [0.3, 0.4) is 0 Å². The lowest BCUT2D eigenvalue weighted by molar-refractivity contribution is -0.220. The second-order valence-electron chi connectivity index (χ2n) is 17.7. The average Bonchev–Trinajstić information content (AvgIpc) is 3.74. The minimum atomic E-state index is -1.11. The van der Waals surface area contributed by atoms with Gasteiger partial charge >= 0.3 is 5.97 Å². The number of nitrogens with zero attached hydrogens (tertiary/aromatic N) is 5. The lowest BCUT2D eigenvalue weighted by Crippen LogP contribution is -2.58. The summed E-state index contributed by atoms with van der Waals surface area (Å²) < 4.78 is 8.74. The van der Waals surface area contributed by atoms with E-state index < -0.39 is 5.97 Å². The van der Waals surface area contributed by atoms with E-state index in [1.54, 1.807) is 19.4 Å². The average molecular weight is 792 g/mol. The summed E-state index contributed by atoms with van der Waals surface area (Å²) in [6.07, 6.45) is 8.68. The highest BCUT2D eigenvalue weighted by atomic mass is 32.1. The molecule has 1 aliphatic heterocycles. The van der Waals surface area contributed by atoms with Crippen molar-refractivity contribution in [3.63, 3.8) is 0 Å². The molecule has 2 fully saturated rings. The quantitative estimate of drug-likeness (QED) is 0.111. The third-order valence-corrected chi connectivity index (χ3v) is 13.8. The van der Waals surface area contributed by atoms with E-state index in [1.165, 1.54) is 17.8 Å². The fourth-order valence-corrected chi connectivity index (χ4v) is 12.0. The number of carbonyl (C=O) groups is 2. The summed E-state index contributed by atoms with van der Waals surface area (Å²) in [6, 6.07) is 15.1. The Balaban J connectivity index is 1.05. The molecule has 3 aromatic heterocycles. The minimum absolute atomic E-state index is 0.0356. The summed E-state index contributed by atoms with van der Waals surface area (Å²) >= 11 is 1.43. The maximum absolute atomic E-state index is 13.8. The number of benzene rings is 2. The molecule has 0 radical (unpaired) electrons. The number of aromatic carboxylic acids is 1. The van der Waals surface area contributed by atoms with Gasteiger partial charge in [-0.1, -0.05) is 57.6 Å². The van der Waals surface area contributed by atoms with Crippen LogP contribution < -0.4 is 20.4 Å². The molecule has 1 amide bonds. The SMILES string of the molecule is CCC1(C)CC2(C)CC(C)(Cn3ncc(-c4ccc(N5CCc6c(OC)ccc(C(=O)Nc7nc8ccccc8s7)c6C5)nc4C(=O)O)c3C)CC(ONC)(C1)C2. The molecule has 2 bridgehead atoms. The highest BCUT2D eigenvalue weighted by molar-refractivity contribution is 7.22. The maximum atomic E-state index is 13.8. The lowest BCUT2D eigenvalue weighted by atomic mass is 9.47. The number of thiazole rings is 1. The smallest absolute Gasteiger partial charge is 0.355 e. The summed E-state index contributed by atoms with van der Waals surface area (Å²) in [5.74, 6) is -0.137. The molecule has 5 aromatic rings. The number of pyridine rings is 1. The van der Waals surface area contributed by atoms with Crippen LogP contribution in [0.25, 0.3) is 21.3 Å². The molecule has 3 N–H and O–H groups in total. The predicted octanol–water partition coefficient (Wildman–Crippen LogP) is 8.68. The molecule has 4 heterocycles. The topological polar surface area (TPSA) is 144 Å². The van der Waals surface area contributed by atoms with Gasteiger partial charge in [-0.2, -0.15) is 5.10 Å². The van der Waals surface area contributed by atoms with Crippen LogP contribution in [-0.2, 0) is 24.3 Å². The summed E-state index contributed by atoms with van der Waals surface area (Å²) in [6.45, 7) is 13.1. The van der Waals surface area contributed by atoms with Crippen molar-refractivity contribution in [2.45, 2.75) is 98.3 Å². The number of anilines is 2. The first-order chi connectivity index (χ1) is 27.2. The van der Waals surface area contributed by atoms with Gasteiger partial charge in [-0.15, -0.1) is 0 Å². The highest BCUT2D eigenvalue weighted by Crippen LogP contribution is 2.64. The highest BCUT2D eigenvalue weighted by Gasteiger charge is 2.59. The number of para-hydroxylation sites is 1. The fourth-order valence-electron chi connectivity index (χ4n) is 11.2. The molecule has 12 nitrogen and oxygen atoms in total. The number of methoxy groups -OCH3 is 1. The van der Waals surface area contributed by atoms with E-state index in [0.717, 1.165) is 64.7 Å². The van der Waals surface area contributed by atoms with Crippen molar-refractivity contribution in [2.24, 2.45) is 16.2 Å². The van der Waals surface area contributed by atoms with Crippen LogP contribution in [0.1, 0.15) is 104 Å². The van der Waals surface area contributed by atoms with Gasteiger partial charge in [0.05, 0.1) is 29.1 Å². The third kappa shape index (κ3) is 7.29. The Labute approximate surface area is 338 Å². The molecular weight excluding hydrogens is 739 g/mol. The van der Waals surface area contributed by atoms with Crippen molar-refractivity contribution >= 4 is 44.4 Å². The van der Waals surface area contributed by atoms with Crippen LogP contribution in [0.4, 0.5) is 10.9 Å². The summed E-state index contributed by atoms with van der Waals surface area (Å²) in [4.78, 5) is 44.5. The molecule has 4 unspecified atom stereocenters. The van der Waals surface area contributed by atoms with Crippen molar-refractivity contribution < 1.29 is 24.3 Å². The molecule has 300 valence electrons. The van der Waals surface area contributed by atoms with Crippen LogP contribution in [-0.4, -0.2) is 63.0 Å². The van der Waals surface area contributed by atoms with Gasteiger partial charge in [0.2, 0.25) is 0 Å². The van der Waals surface area contributed by atoms with Gasteiger partial charge in [-0.25, -0.2) is 20.2 Å². The van der Waals surface area contributed by atoms with Crippen molar-refractivity contribution in [3.05, 3.63) is 82.8 Å². The number of hydrogen-bond donors (Lipinski definition) is 3. The van der Waals surface area contributed by atoms with Crippen molar-refractivity contribution in [2.75, 3.05) is 30.9 Å². The largest absolute Gasteiger partial charge is 0.496 e. The van der Waals surface area contributed by atoms with Gasteiger partial charge < -0.3 is 14.7 Å². The van der Waals surface area contributed by atoms with E-state index in [9.17, 15) is 14.7 Å². The molecule has 2 aliphatic carbocycles. The fraction of sp³-hybridized carbons (Fsp3) is 0.477. The number of carboxylic acids is 1. The number of rotatable bonds is 11. The van der Waals surface area contributed by atoms with Crippen molar-refractivity contribution in [1.29, 1.82) is 0 Å².